The van der Waals surface area contributed by atoms with Crippen LogP contribution in [-0.4, -0.2) is 23.5 Å². The predicted octanol–water partition coefficient (Wildman–Crippen LogP) is 3.04. The molecule has 2 aromatic carbocycles. The number of carbonyl (C=O) groups is 2. The maximum absolute atomic E-state index is 14.0. The first-order valence-electron chi connectivity index (χ1n) is 9.32. The number of phenols is 1. The lowest BCUT2D eigenvalue weighted by Crippen LogP contribution is -2.27. The molecule has 1 N–H and O–H groups in total. The van der Waals surface area contributed by atoms with Crippen LogP contribution in [0, 0.1) is 18.7 Å². The van der Waals surface area contributed by atoms with Gasteiger partial charge in [0.25, 0.3) is 0 Å². The van der Waals surface area contributed by atoms with E-state index in [1.54, 1.807) is 19.1 Å². The van der Waals surface area contributed by atoms with E-state index < -0.39 is 23.3 Å². The summed E-state index contributed by atoms with van der Waals surface area (Å²) in [4.78, 5) is 37.9. The first-order chi connectivity index (χ1) is 14.3. The molecule has 30 heavy (non-hydrogen) atoms. The second kappa shape index (κ2) is 7.62. The zero-order valence-electron chi connectivity index (χ0n) is 16.1. The molecular formula is C22H18FNO6. The van der Waals surface area contributed by atoms with Crippen molar-refractivity contribution in [3.63, 3.8) is 0 Å². The van der Waals surface area contributed by atoms with Gasteiger partial charge in [0.05, 0.1) is 11.6 Å². The number of esters is 1. The number of fused-ring (bicyclic) bond motifs is 1. The van der Waals surface area contributed by atoms with E-state index in [2.05, 4.69) is 0 Å². The summed E-state index contributed by atoms with van der Waals surface area (Å²) < 4.78 is 24.5. The van der Waals surface area contributed by atoms with E-state index in [4.69, 9.17) is 9.15 Å². The van der Waals surface area contributed by atoms with Crippen molar-refractivity contribution in [1.82, 2.24) is 0 Å². The number of phenolic OH excluding ortho intramolecular Hbond substituents is 1. The fraction of sp³-hybridized carbons (Fsp3) is 0.227. The second-order valence-electron chi connectivity index (χ2n) is 7.14. The van der Waals surface area contributed by atoms with Gasteiger partial charge in [0.2, 0.25) is 5.91 Å². The summed E-state index contributed by atoms with van der Waals surface area (Å²) in [6.07, 6.45) is -0.0855. The molecule has 4 rings (SSSR count). The first-order valence-corrected chi connectivity index (χ1v) is 9.32. The fourth-order valence-electron chi connectivity index (χ4n) is 3.57. The Hall–Kier alpha value is -3.68. The number of rotatable bonds is 4. The minimum Gasteiger partial charge on any atom is -0.508 e. The average molecular weight is 411 g/mol. The molecule has 1 saturated heterocycles. The number of anilines is 1. The van der Waals surface area contributed by atoms with E-state index in [1.807, 2.05) is 0 Å². The highest BCUT2D eigenvalue weighted by Gasteiger charge is 2.37. The van der Waals surface area contributed by atoms with Crippen LogP contribution in [0.1, 0.15) is 17.5 Å². The predicted molar refractivity (Wildman–Crippen MR) is 106 cm³/mol. The normalized spacial score (nSPS) is 16.3. The molecule has 0 saturated carbocycles. The summed E-state index contributed by atoms with van der Waals surface area (Å²) in [6.45, 7) is 1.43. The van der Waals surface area contributed by atoms with Gasteiger partial charge in [0.15, 0.2) is 0 Å². The van der Waals surface area contributed by atoms with Crippen LogP contribution in [-0.2, 0) is 20.9 Å². The lowest BCUT2D eigenvalue weighted by molar-refractivity contribution is -0.149. The molecule has 154 valence electrons. The smallest absolute Gasteiger partial charge is 0.336 e. The number of para-hydroxylation sites is 1. The molecule has 1 fully saturated rings. The molecule has 0 unspecified atom stereocenters. The largest absolute Gasteiger partial charge is 0.508 e. The van der Waals surface area contributed by atoms with Gasteiger partial charge in [-0.25, -0.2) is 9.18 Å². The van der Waals surface area contributed by atoms with Crippen LogP contribution in [0.2, 0.25) is 0 Å². The Morgan fingerprint density at radius 2 is 2.03 bits per heavy atom. The molecule has 0 aliphatic carbocycles. The van der Waals surface area contributed by atoms with Crippen LogP contribution < -0.4 is 10.5 Å². The maximum atomic E-state index is 14.0. The SMILES string of the molecule is Cc1c(O)ccc2c(COC(=O)[C@@H]3CC(=O)N(c4ccccc4F)C3)cc(=O)oc12. The van der Waals surface area contributed by atoms with Gasteiger partial charge in [0.1, 0.15) is 23.8 Å². The summed E-state index contributed by atoms with van der Waals surface area (Å²) in [7, 11) is 0. The monoisotopic (exact) mass is 411 g/mol. The van der Waals surface area contributed by atoms with Crippen LogP contribution >= 0.6 is 0 Å². The number of hydrogen-bond donors (Lipinski definition) is 1. The van der Waals surface area contributed by atoms with E-state index >= 15 is 0 Å². The van der Waals surface area contributed by atoms with Crippen LogP contribution in [0.5, 0.6) is 5.75 Å². The maximum Gasteiger partial charge on any atom is 0.336 e. The molecule has 0 bridgehead atoms. The summed E-state index contributed by atoms with van der Waals surface area (Å²) in [6, 6.07) is 10.1. The molecule has 1 amide bonds. The third kappa shape index (κ3) is 3.52. The Morgan fingerprint density at radius 3 is 2.80 bits per heavy atom. The Labute approximate surface area is 170 Å². The molecule has 3 aromatic rings. The van der Waals surface area contributed by atoms with Crippen LogP contribution in [0.15, 0.2) is 51.7 Å². The topological polar surface area (TPSA) is 97.0 Å². The zero-order chi connectivity index (χ0) is 21.4. The summed E-state index contributed by atoms with van der Waals surface area (Å²) in [5.41, 5.74) is 0.534. The number of hydrogen-bond acceptors (Lipinski definition) is 6. The molecule has 0 spiro atoms. The molecule has 1 aliphatic rings. The highest BCUT2D eigenvalue weighted by atomic mass is 19.1. The summed E-state index contributed by atoms with van der Waals surface area (Å²) >= 11 is 0. The van der Waals surface area contributed by atoms with Crippen molar-refractivity contribution in [3.8, 4) is 5.75 Å². The summed E-state index contributed by atoms with van der Waals surface area (Å²) in [5, 5.41) is 10.3. The number of aryl methyl sites for hydroxylation is 1. The van der Waals surface area contributed by atoms with E-state index in [9.17, 15) is 23.9 Å². The van der Waals surface area contributed by atoms with Gasteiger partial charge in [-0.05, 0) is 31.2 Å². The number of nitrogens with zero attached hydrogens (tertiary/aromatic N) is 1. The quantitative estimate of drug-likeness (QED) is 0.524. The van der Waals surface area contributed by atoms with E-state index in [0.29, 0.717) is 16.5 Å². The Kier molecular flexibility index (Phi) is 4.99. The number of halogens is 1. The lowest BCUT2D eigenvalue weighted by Gasteiger charge is -2.17. The van der Waals surface area contributed by atoms with Crippen molar-refractivity contribution in [2.24, 2.45) is 5.92 Å². The van der Waals surface area contributed by atoms with Crippen LogP contribution in [0.3, 0.4) is 0 Å². The van der Waals surface area contributed by atoms with Gasteiger partial charge >= 0.3 is 11.6 Å². The van der Waals surface area contributed by atoms with Gasteiger partial charge in [-0.1, -0.05) is 12.1 Å². The average Bonchev–Trinajstić information content (AvgIpc) is 3.11. The van der Waals surface area contributed by atoms with Gasteiger partial charge < -0.3 is 19.2 Å². The molecule has 8 heteroatoms. The van der Waals surface area contributed by atoms with Gasteiger partial charge in [-0.2, -0.15) is 0 Å². The molecular weight excluding hydrogens is 393 g/mol. The van der Waals surface area contributed by atoms with Crippen LogP contribution in [0.4, 0.5) is 10.1 Å². The third-order valence-electron chi connectivity index (χ3n) is 5.19. The highest BCUT2D eigenvalue weighted by Crippen LogP contribution is 2.30. The van der Waals surface area contributed by atoms with E-state index in [1.165, 1.54) is 35.2 Å². The highest BCUT2D eigenvalue weighted by molar-refractivity contribution is 5.99. The lowest BCUT2D eigenvalue weighted by atomic mass is 10.1. The Balaban J connectivity index is 1.51. The third-order valence-corrected chi connectivity index (χ3v) is 5.19. The van der Waals surface area contributed by atoms with Crippen molar-refractivity contribution in [1.29, 1.82) is 0 Å². The van der Waals surface area contributed by atoms with Crippen molar-refractivity contribution >= 4 is 28.5 Å². The molecule has 1 atom stereocenters. The molecule has 2 heterocycles. The first kappa shape index (κ1) is 19.6. The zero-order valence-corrected chi connectivity index (χ0v) is 16.1. The fourth-order valence-corrected chi connectivity index (χ4v) is 3.57. The Bertz CT molecular complexity index is 1220. The van der Waals surface area contributed by atoms with Gasteiger partial charge in [-0.15, -0.1) is 0 Å². The molecule has 7 nitrogen and oxygen atoms in total. The van der Waals surface area contributed by atoms with Crippen molar-refractivity contribution in [3.05, 3.63) is 69.8 Å². The van der Waals surface area contributed by atoms with Crippen molar-refractivity contribution in [2.45, 2.75) is 20.0 Å². The van der Waals surface area contributed by atoms with Crippen molar-refractivity contribution < 1.29 is 28.2 Å². The number of aromatic hydroxyl groups is 1. The Morgan fingerprint density at radius 1 is 1.27 bits per heavy atom. The minimum absolute atomic E-state index is 0.0162. The minimum atomic E-state index is -0.741. The van der Waals surface area contributed by atoms with E-state index in [-0.39, 0.29) is 42.5 Å². The number of ether oxygens (including phenoxy) is 1. The number of amides is 1. The van der Waals surface area contributed by atoms with E-state index in [0.717, 1.165) is 0 Å². The number of carbonyl (C=O) groups excluding carboxylic acids is 2. The summed E-state index contributed by atoms with van der Waals surface area (Å²) in [5.74, 6) is -2.27. The van der Waals surface area contributed by atoms with Crippen LogP contribution in [0.25, 0.3) is 11.0 Å². The second-order valence-corrected chi connectivity index (χ2v) is 7.14. The molecule has 1 aliphatic heterocycles. The van der Waals surface area contributed by atoms with Gasteiger partial charge in [0, 0.05) is 35.5 Å². The molecule has 1 aromatic heterocycles. The van der Waals surface area contributed by atoms with Crippen molar-refractivity contribution in [2.75, 3.05) is 11.4 Å². The van der Waals surface area contributed by atoms with Gasteiger partial charge in [-0.3, -0.25) is 9.59 Å². The standard InChI is InChI=1S/C22H18FNO6/c1-12-18(25)7-6-15-14(9-20(27)30-21(12)15)11-29-22(28)13-8-19(26)24(10-13)17-5-3-2-4-16(17)23/h2-7,9,13,25H,8,10-11H2,1H3/t13-/m1/s1. The molecule has 0 radical (unpaired) electrons. The number of benzene rings is 2.